The van der Waals surface area contributed by atoms with E-state index in [0.717, 1.165) is 17.7 Å². The minimum absolute atomic E-state index is 0.0109. The molecule has 0 N–H and O–H groups in total. The molecular weight excluding hydrogens is 889 g/mol. The van der Waals surface area contributed by atoms with Gasteiger partial charge in [-0.05, 0) is 80.1 Å². The molecule has 13 atom stereocenters. The van der Waals surface area contributed by atoms with Crippen molar-refractivity contribution in [1.82, 2.24) is 0 Å². The van der Waals surface area contributed by atoms with Gasteiger partial charge in [-0.25, -0.2) is 0 Å². The number of hydrogen-bond donors (Lipinski definition) is 0. The van der Waals surface area contributed by atoms with Crippen molar-refractivity contribution in [3.8, 4) is 5.75 Å². The summed E-state index contributed by atoms with van der Waals surface area (Å²) in [5.41, 5.74) is 2.37. The van der Waals surface area contributed by atoms with Gasteiger partial charge in [0.05, 0.1) is 50.2 Å². The SMILES string of the molecule is C=C/C=C/[C@H](C)[C@H](OCc1ccc(OC)cc1)[C@@H](C)[C@H](O[Si](C)(C)C(C)(C)C)[C@@H](C)C/C(C)=C/[C@H](C)[C@@H](OCOC)[C@@H](C)C=C[C@H](C[C@@H]1OC(=O)[C@H](C)[C@@H](O[Si](C)(C)C(C)(C)C)[C@H]1C)OCOC. The van der Waals surface area contributed by atoms with Crippen molar-refractivity contribution in [1.29, 1.82) is 0 Å². The molecule has 0 unspecified atom stereocenters. The highest BCUT2D eigenvalue weighted by Gasteiger charge is 2.48. The van der Waals surface area contributed by atoms with Gasteiger partial charge >= 0.3 is 5.97 Å². The van der Waals surface area contributed by atoms with Crippen LogP contribution in [0.5, 0.6) is 5.75 Å². The van der Waals surface area contributed by atoms with E-state index < -0.39 is 16.6 Å². The summed E-state index contributed by atoms with van der Waals surface area (Å²) in [6.07, 6.45) is 12.6. The molecule has 10 nitrogen and oxygen atoms in total. The molecular formula is C56H98O10Si2. The van der Waals surface area contributed by atoms with Gasteiger partial charge < -0.3 is 42.0 Å². The van der Waals surface area contributed by atoms with Gasteiger partial charge in [-0.1, -0.05) is 144 Å². The summed E-state index contributed by atoms with van der Waals surface area (Å²) in [6, 6.07) is 8.10. The molecule has 0 aliphatic carbocycles. The smallest absolute Gasteiger partial charge is 0.311 e. The highest BCUT2D eigenvalue weighted by atomic mass is 28.4. The standard InChI is InChI=1S/C56H98O10Si2/c1-23-24-25-39(3)51(61-35-46-27-30-47(60-18)31-28-46)44(8)52(65-67(19,20)55(10,11)12)42(6)33-38(2)32-41(5)50(63-37-59-17)40(4)26-29-48(62-36-58-16)34-49-43(7)53(45(9)54(57)64-49)66-68(21,22)56(13,14)15/h23-32,39-45,48-53H,1,33-37H2,2-22H3/b25-24+,29-26?,38-32+/t39-,40-,41-,42-,43-,44+,45+,48+,49-,50-,51-,52+,53-/m0/s1. The fourth-order valence-electron chi connectivity index (χ4n) is 8.82. The van der Waals surface area contributed by atoms with E-state index in [-0.39, 0.29) is 108 Å². The van der Waals surface area contributed by atoms with Gasteiger partial charge in [0.25, 0.3) is 0 Å². The van der Waals surface area contributed by atoms with Gasteiger partial charge in [-0.3, -0.25) is 4.79 Å². The van der Waals surface area contributed by atoms with Crippen LogP contribution < -0.4 is 4.74 Å². The normalized spacial score (nSPS) is 23.1. The molecule has 0 saturated carbocycles. The quantitative estimate of drug-likeness (QED) is 0.0254. The van der Waals surface area contributed by atoms with Gasteiger partial charge in [0.15, 0.2) is 16.6 Å². The molecule has 12 heteroatoms. The van der Waals surface area contributed by atoms with E-state index in [1.165, 1.54) is 5.57 Å². The maximum absolute atomic E-state index is 13.3. The molecule has 1 aromatic rings. The topological polar surface area (TPSA) is 100 Å². The molecule has 2 rings (SSSR count). The molecule has 0 radical (unpaired) electrons. The van der Waals surface area contributed by atoms with Crippen molar-refractivity contribution in [3.05, 3.63) is 78.4 Å². The van der Waals surface area contributed by atoms with Gasteiger partial charge in [-0.2, -0.15) is 0 Å². The third-order valence-electron chi connectivity index (χ3n) is 15.1. The Morgan fingerprint density at radius 1 is 0.765 bits per heavy atom. The maximum atomic E-state index is 13.3. The van der Waals surface area contributed by atoms with Gasteiger partial charge in [-0.15, -0.1) is 0 Å². The predicted octanol–water partition coefficient (Wildman–Crippen LogP) is 13.7. The molecule has 1 aliphatic rings. The summed E-state index contributed by atoms with van der Waals surface area (Å²) in [5.74, 6) is 0.641. The van der Waals surface area contributed by atoms with Crippen LogP contribution in [0.4, 0.5) is 0 Å². The first-order valence-corrected chi connectivity index (χ1v) is 31.0. The number of carbonyl (C=O) groups excluding carboxylic acids is 1. The minimum atomic E-state index is -2.21. The van der Waals surface area contributed by atoms with Crippen LogP contribution in [0.2, 0.25) is 36.3 Å². The zero-order valence-corrected chi connectivity index (χ0v) is 48.6. The molecule has 0 bridgehead atoms. The summed E-state index contributed by atoms with van der Waals surface area (Å²) in [6.45, 7) is 45.0. The van der Waals surface area contributed by atoms with Gasteiger partial charge in [0, 0.05) is 50.2 Å². The third kappa shape index (κ3) is 18.7. The summed E-state index contributed by atoms with van der Waals surface area (Å²) in [7, 11) is 0.582. The Labute approximate surface area is 417 Å². The number of esters is 1. The summed E-state index contributed by atoms with van der Waals surface area (Å²) < 4.78 is 56.3. The third-order valence-corrected chi connectivity index (χ3v) is 24.0. The van der Waals surface area contributed by atoms with E-state index in [0.29, 0.717) is 13.0 Å². The number of allylic oxidation sites excluding steroid dienone is 3. The molecule has 0 spiro atoms. The lowest BCUT2D eigenvalue weighted by atomic mass is 9.81. The lowest BCUT2D eigenvalue weighted by molar-refractivity contribution is -0.179. The second-order valence-electron chi connectivity index (χ2n) is 23.0. The average Bonchev–Trinajstić information content (AvgIpc) is 3.25. The van der Waals surface area contributed by atoms with Crippen LogP contribution in [-0.4, -0.2) is 94.1 Å². The fourth-order valence-corrected chi connectivity index (χ4v) is 11.8. The van der Waals surface area contributed by atoms with Gasteiger partial charge in [0.1, 0.15) is 25.4 Å². The Morgan fingerprint density at radius 3 is 1.88 bits per heavy atom. The van der Waals surface area contributed by atoms with Crippen LogP contribution in [0.1, 0.15) is 115 Å². The number of rotatable bonds is 29. The van der Waals surface area contributed by atoms with Crippen LogP contribution in [0.3, 0.4) is 0 Å². The molecule has 1 aliphatic heterocycles. The Bertz CT molecular complexity index is 1730. The molecule has 1 saturated heterocycles. The van der Waals surface area contributed by atoms with Crippen LogP contribution in [0, 0.1) is 41.4 Å². The Morgan fingerprint density at radius 2 is 1.34 bits per heavy atom. The highest BCUT2D eigenvalue weighted by molar-refractivity contribution is 6.74. The van der Waals surface area contributed by atoms with E-state index in [2.05, 4.69) is 159 Å². The van der Waals surface area contributed by atoms with E-state index in [4.69, 9.17) is 42.0 Å². The summed E-state index contributed by atoms with van der Waals surface area (Å²) in [5, 5.41) is 0.0390. The van der Waals surface area contributed by atoms with Gasteiger partial charge in [0.2, 0.25) is 0 Å². The zero-order valence-electron chi connectivity index (χ0n) is 46.6. The second-order valence-corrected chi connectivity index (χ2v) is 32.5. The first-order chi connectivity index (χ1) is 31.5. The molecule has 1 aromatic carbocycles. The van der Waals surface area contributed by atoms with Crippen LogP contribution in [0.15, 0.2) is 72.9 Å². The summed E-state index contributed by atoms with van der Waals surface area (Å²) in [4.78, 5) is 13.3. The van der Waals surface area contributed by atoms with Crippen LogP contribution in [-0.2, 0) is 48.7 Å². The molecule has 390 valence electrons. The number of cyclic esters (lactones) is 1. The lowest BCUT2D eigenvalue weighted by Gasteiger charge is -2.46. The number of carbonyl (C=O) groups is 1. The largest absolute Gasteiger partial charge is 0.497 e. The molecule has 0 aromatic heterocycles. The molecule has 1 heterocycles. The number of ether oxygens (including phenoxy) is 7. The van der Waals surface area contributed by atoms with Crippen molar-refractivity contribution >= 4 is 22.6 Å². The van der Waals surface area contributed by atoms with Crippen LogP contribution >= 0.6 is 0 Å². The first kappa shape index (κ1) is 61.7. The number of hydrogen-bond acceptors (Lipinski definition) is 10. The number of methoxy groups -OCH3 is 3. The second kappa shape index (κ2) is 28.0. The van der Waals surface area contributed by atoms with Crippen molar-refractivity contribution in [3.63, 3.8) is 0 Å². The number of benzene rings is 1. The molecule has 0 amide bonds. The Hall–Kier alpha value is -2.40. The minimum Gasteiger partial charge on any atom is -0.497 e. The van der Waals surface area contributed by atoms with E-state index in [9.17, 15) is 4.79 Å². The first-order valence-electron chi connectivity index (χ1n) is 25.2. The average molecular weight is 988 g/mol. The fraction of sp³-hybridized carbons (Fsp3) is 0.732. The predicted molar refractivity (Wildman–Crippen MR) is 285 cm³/mol. The molecule has 68 heavy (non-hydrogen) atoms. The van der Waals surface area contributed by atoms with E-state index >= 15 is 0 Å². The zero-order chi connectivity index (χ0) is 51.8. The van der Waals surface area contributed by atoms with Crippen molar-refractivity contribution in [2.24, 2.45) is 41.4 Å². The highest BCUT2D eigenvalue weighted by Crippen LogP contribution is 2.43. The Balaban J connectivity index is 2.44. The molecule has 1 fully saturated rings. The van der Waals surface area contributed by atoms with Crippen LogP contribution in [0.25, 0.3) is 0 Å². The van der Waals surface area contributed by atoms with Crippen molar-refractivity contribution in [2.45, 2.75) is 189 Å². The maximum Gasteiger partial charge on any atom is 0.311 e. The van der Waals surface area contributed by atoms with E-state index in [1.807, 2.05) is 31.2 Å². The monoisotopic (exact) mass is 987 g/mol. The van der Waals surface area contributed by atoms with Crippen molar-refractivity contribution in [2.75, 3.05) is 34.9 Å². The Kier molecular flexibility index (Phi) is 25.4. The van der Waals surface area contributed by atoms with E-state index in [1.54, 1.807) is 21.3 Å². The van der Waals surface area contributed by atoms with Crippen molar-refractivity contribution < 1.29 is 46.8 Å². The summed E-state index contributed by atoms with van der Waals surface area (Å²) >= 11 is 0. The lowest BCUT2D eigenvalue weighted by Crippen LogP contribution is -2.54.